The van der Waals surface area contributed by atoms with Gasteiger partial charge in [-0.3, -0.25) is 0 Å². The van der Waals surface area contributed by atoms with Crippen molar-refractivity contribution in [3.63, 3.8) is 0 Å². The fraction of sp³-hybridized carbons (Fsp3) is 0.444. The minimum Gasteiger partial charge on any atom is -0.363 e. The number of hydrogen-bond acceptors (Lipinski definition) is 6. The van der Waals surface area contributed by atoms with Gasteiger partial charge in [0.25, 0.3) is 0 Å². The molecule has 1 aromatic heterocycles. The van der Waals surface area contributed by atoms with Crippen LogP contribution in [0.1, 0.15) is 22.4 Å². The highest BCUT2D eigenvalue weighted by molar-refractivity contribution is 7.89. The molecule has 1 heterocycles. The number of hydrogen-bond donors (Lipinski definition) is 2. The third-order valence-electron chi connectivity index (χ3n) is 4.08. The molecule has 8 heteroatoms. The SMILES string of the molecule is Cc1cc(N(C)C)nc(NCCNS(=O)(=O)c2cc(C)c(C)cc2C)n1. The Labute approximate surface area is 155 Å². The van der Waals surface area contributed by atoms with Crippen LogP contribution in [0.2, 0.25) is 0 Å². The Morgan fingerprint density at radius 3 is 2.23 bits per heavy atom. The lowest BCUT2D eigenvalue weighted by Crippen LogP contribution is -2.30. The minimum atomic E-state index is -3.55. The fourth-order valence-electron chi connectivity index (χ4n) is 2.52. The van der Waals surface area contributed by atoms with E-state index in [1.807, 2.05) is 58.8 Å². The van der Waals surface area contributed by atoms with Crippen LogP contribution >= 0.6 is 0 Å². The summed E-state index contributed by atoms with van der Waals surface area (Å²) < 4.78 is 27.7. The molecule has 26 heavy (non-hydrogen) atoms. The molecule has 7 nitrogen and oxygen atoms in total. The van der Waals surface area contributed by atoms with E-state index in [0.717, 1.165) is 28.2 Å². The van der Waals surface area contributed by atoms with Crippen LogP contribution in [0.5, 0.6) is 0 Å². The second-order valence-electron chi connectivity index (χ2n) is 6.61. The Morgan fingerprint density at radius 2 is 1.58 bits per heavy atom. The van der Waals surface area contributed by atoms with Gasteiger partial charge in [0.15, 0.2) is 0 Å². The summed E-state index contributed by atoms with van der Waals surface area (Å²) in [5.74, 6) is 1.28. The van der Waals surface area contributed by atoms with Gasteiger partial charge in [0.2, 0.25) is 16.0 Å². The van der Waals surface area contributed by atoms with Gasteiger partial charge in [-0.25, -0.2) is 18.1 Å². The molecule has 0 spiro atoms. The molecule has 0 saturated carbocycles. The first kappa shape index (κ1) is 20.1. The zero-order chi connectivity index (χ0) is 19.5. The molecule has 0 saturated heterocycles. The van der Waals surface area contributed by atoms with Gasteiger partial charge in [0.1, 0.15) is 5.82 Å². The Morgan fingerprint density at radius 1 is 0.923 bits per heavy atom. The Balaban J connectivity index is 2.01. The molecule has 0 bridgehead atoms. The predicted molar refractivity (Wildman–Crippen MR) is 105 cm³/mol. The molecule has 0 aliphatic carbocycles. The van der Waals surface area contributed by atoms with Crippen molar-refractivity contribution in [1.82, 2.24) is 14.7 Å². The van der Waals surface area contributed by atoms with E-state index in [4.69, 9.17) is 0 Å². The van der Waals surface area contributed by atoms with E-state index < -0.39 is 10.0 Å². The van der Waals surface area contributed by atoms with Crippen molar-refractivity contribution in [2.75, 3.05) is 37.4 Å². The number of sulfonamides is 1. The molecule has 0 fully saturated rings. The molecule has 0 aliphatic heterocycles. The normalized spacial score (nSPS) is 11.5. The summed E-state index contributed by atoms with van der Waals surface area (Å²) in [6.07, 6.45) is 0. The number of aromatic nitrogens is 2. The number of rotatable bonds is 7. The van der Waals surface area contributed by atoms with Gasteiger partial charge in [-0.15, -0.1) is 0 Å². The topological polar surface area (TPSA) is 87.2 Å². The van der Waals surface area contributed by atoms with Crippen molar-refractivity contribution in [3.05, 3.63) is 40.6 Å². The summed E-state index contributed by atoms with van der Waals surface area (Å²) in [5, 5.41) is 3.06. The molecule has 0 unspecified atom stereocenters. The molecule has 0 radical (unpaired) electrons. The maximum absolute atomic E-state index is 12.5. The summed E-state index contributed by atoms with van der Waals surface area (Å²) in [6, 6.07) is 5.50. The summed E-state index contributed by atoms with van der Waals surface area (Å²) in [6.45, 7) is 8.21. The largest absolute Gasteiger partial charge is 0.363 e. The van der Waals surface area contributed by atoms with Gasteiger partial charge in [-0.05, 0) is 50.5 Å². The van der Waals surface area contributed by atoms with Gasteiger partial charge < -0.3 is 10.2 Å². The van der Waals surface area contributed by atoms with E-state index in [1.165, 1.54) is 0 Å². The highest BCUT2D eigenvalue weighted by Crippen LogP contribution is 2.19. The number of nitrogens with zero attached hydrogens (tertiary/aromatic N) is 3. The molecule has 0 aliphatic rings. The van der Waals surface area contributed by atoms with Crippen LogP contribution in [0, 0.1) is 27.7 Å². The Kier molecular flexibility index (Phi) is 6.20. The van der Waals surface area contributed by atoms with Gasteiger partial charge in [0, 0.05) is 38.9 Å². The maximum atomic E-state index is 12.5. The second kappa shape index (κ2) is 8.01. The van der Waals surface area contributed by atoms with Crippen molar-refractivity contribution >= 4 is 21.8 Å². The van der Waals surface area contributed by atoms with Crippen molar-refractivity contribution in [3.8, 4) is 0 Å². The van der Waals surface area contributed by atoms with Crippen molar-refractivity contribution in [2.45, 2.75) is 32.6 Å². The lowest BCUT2D eigenvalue weighted by atomic mass is 10.1. The van der Waals surface area contributed by atoms with E-state index in [9.17, 15) is 8.42 Å². The van der Waals surface area contributed by atoms with Crippen molar-refractivity contribution < 1.29 is 8.42 Å². The quantitative estimate of drug-likeness (QED) is 0.719. The highest BCUT2D eigenvalue weighted by atomic mass is 32.2. The van der Waals surface area contributed by atoms with Crippen molar-refractivity contribution in [1.29, 1.82) is 0 Å². The molecule has 0 amide bonds. The average Bonchev–Trinajstić information content (AvgIpc) is 2.54. The van der Waals surface area contributed by atoms with Gasteiger partial charge in [-0.2, -0.15) is 4.98 Å². The Bertz CT molecular complexity index is 895. The smallest absolute Gasteiger partial charge is 0.240 e. The van der Waals surface area contributed by atoms with Crippen molar-refractivity contribution in [2.24, 2.45) is 0 Å². The number of benzene rings is 1. The van der Waals surface area contributed by atoms with E-state index in [-0.39, 0.29) is 6.54 Å². The monoisotopic (exact) mass is 377 g/mol. The van der Waals surface area contributed by atoms with Crippen LogP contribution in [0.25, 0.3) is 0 Å². The molecule has 2 rings (SSSR count). The second-order valence-corrected chi connectivity index (χ2v) is 8.35. The van der Waals surface area contributed by atoms with Crippen LogP contribution < -0.4 is 14.9 Å². The van der Waals surface area contributed by atoms with Gasteiger partial charge in [0.05, 0.1) is 4.90 Å². The number of anilines is 2. The zero-order valence-electron chi connectivity index (χ0n) is 16.2. The lowest BCUT2D eigenvalue weighted by molar-refractivity contribution is 0.582. The van der Waals surface area contributed by atoms with E-state index in [1.54, 1.807) is 6.07 Å². The summed E-state index contributed by atoms with van der Waals surface area (Å²) in [7, 11) is 0.263. The van der Waals surface area contributed by atoms with Crippen LogP contribution in [0.4, 0.5) is 11.8 Å². The van der Waals surface area contributed by atoms with Crippen LogP contribution in [-0.4, -0.2) is 45.6 Å². The van der Waals surface area contributed by atoms with Crippen LogP contribution in [0.3, 0.4) is 0 Å². The first-order valence-electron chi connectivity index (χ1n) is 8.44. The third kappa shape index (κ3) is 4.92. The summed E-state index contributed by atoms with van der Waals surface area (Å²) in [5.41, 5.74) is 3.62. The standard InChI is InChI=1S/C18H27N5O2S/c1-12-9-14(3)16(10-13(12)2)26(24,25)20-8-7-19-18-21-15(4)11-17(22-18)23(5)6/h9-11,20H,7-8H2,1-6H3,(H,19,21,22). The summed E-state index contributed by atoms with van der Waals surface area (Å²) in [4.78, 5) is 10.9. The minimum absolute atomic E-state index is 0.239. The summed E-state index contributed by atoms with van der Waals surface area (Å²) >= 11 is 0. The van der Waals surface area contributed by atoms with Crippen LogP contribution in [0.15, 0.2) is 23.1 Å². The molecule has 1 aromatic carbocycles. The molecule has 2 N–H and O–H groups in total. The molecular formula is C18H27N5O2S. The molecular weight excluding hydrogens is 350 g/mol. The van der Waals surface area contributed by atoms with Crippen LogP contribution in [-0.2, 0) is 10.0 Å². The molecule has 142 valence electrons. The van der Waals surface area contributed by atoms with E-state index in [2.05, 4.69) is 20.0 Å². The zero-order valence-corrected chi connectivity index (χ0v) is 17.0. The first-order chi connectivity index (χ1) is 12.1. The number of aryl methyl sites for hydroxylation is 4. The fourth-order valence-corrected chi connectivity index (χ4v) is 3.86. The first-order valence-corrected chi connectivity index (χ1v) is 9.93. The van der Waals surface area contributed by atoms with E-state index >= 15 is 0 Å². The average molecular weight is 378 g/mol. The maximum Gasteiger partial charge on any atom is 0.240 e. The predicted octanol–water partition coefficient (Wildman–Crippen LogP) is 2.17. The number of nitrogens with one attached hydrogen (secondary N) is 2. The Hall–Kier alpha value is -2.19. The van der Waals surface area contributed by atoms with Gasteiger partial charge >= 0.3 is 0 Å². The van der Waals surface area contributed by atoms with E-state index in [0.29, 0.717) is 17.4 Å². The third-order valence-corrected chi connectivity index (χ3v) is 5.68. The highest BCUT2D eigenvalue weighted by Gasteiger charge is 2.17. The lowest BCUT2D eigenvalue weighted by Gasteiger charge is -2.14. The van der Waals surface area contributed by atoms with Gasteiger partial charge in [-0.1, -0.05) is 6.07 Å². The molecule has 0 atom stereocenters. The molecule has 2 aromatic rings.